The lowest BCUT2D eigenvalue weighted by Crippen LogP contribution is -2.09. The van der Waals surface area contributed by atoms with Crippen LogP contribution in [0.3, 0.4) is 0 Å². The first kappa shape index (κ1) is 16.0. The summed E-state index contributed by atoms with van der Waals surface area (Å²) in [5.74, 6) is 0.651. The van der Waals surface area contributed by atoms with Gasteiger partial charge in [-0.2, -0.15) is 13.2 Å². The molecule has 10 heteroatoms. The van der Waals surface area contributed by atoms with E-state index in [1.807, 2.05) is 0 Å². The van der Waals surface area contributed by atoms with Crippen LogP contribution in [-0.2, 0) is 6.18 Å². The summed E-state index contributed by atoms with van der Waals surface area (Å²) >= 11 is 1.25. The van der Waals surface area contributed by atoms with Gasteiger partial charge in [0.05, 0.1) is 4.92 Å². The van der Waals surface area contributed by atoms with Crippen molar-refractivity contribution in [3.8, 4) is 11.4 Å². The second-order valence-corrected chi connectivity index (χ2v) is 5.04. The van der Waals surface area contributed by atoms with Gasteiger partial charge in [0.1, 0.15) is 5.56 Å². The number of halogens is 3. The quantitative estimate of drug-likeness (QED) is 0.391. The molecule has 0 fully saturated rings. The topological polar surface area (TPSA) is 84.7 Å². The van der Waals surface area contributed by atoms with Gasteiger partial charge in [-0.05, 0) is 12.1 Å². The molecular formula is C12H9F3N4O2S. The van der Waals surface area contributed by atoms with E-state index in [4.69, 9.17) is 0 Å². The third-order valence-electron chi connectivity index (χ3n) is 2.57. The van der Waals surface area contributed by atoms with Crippen molar-refractivity contribution in [3.63, 3.8) is 0 Å². The monoisotopic (exact) mass is 330 g/mol. The van der Waals surface area contributed by atoms with E-state index in [9.17, 15) is 23.3 Å². The molecule has 0 unspecified atom stereocenters. The van der Waals surface area contributed by atoms with E-state index in [0.717, 1.165) is 6.07 Å². The van der Waals surface area contributed by atoms with Crippen LogP contribution in [-0.4, -0.2) is 25.9 Å². The normalized spacial score (nSPS) is 11.4. The van der Waals surface area contributed by atoms with Gasteiger partial charge in [0, 0.05) is 17.4 Å². The van der Waals surface area contributed by atoms with Gasteiger partial charge < -0.3 is 0 Å². The van der Waals surface area contributed by atoms with Crippen molar-refractivity contribution in [1.82, 2.24) is 15.2 Å². The number of nitro benzene ring substituents is 1. The zero-order chi connectivity index (χ0) is 16.3. The first-order chi connectivity index (χ1) is 10.3. The number of nitro groups is 1. The maximum Gasteiger partial charge on any atom is 0.423 e. The second-order valence-electron chi connectivity index (χ2n) is 4.05. The first-order valence-corrected chi connectivity index (χ1v) is 6.83. The largest absolute Gasteiger partial charge is 0.423 e. The van der Waals surface area contributed by atoms with Crippen LogP contribution in [0.4, 0.5) is 18.9 Å². The van der Waals surface area contributed by atoms with Crippen LogP contribution in [0.15, 0.2) is 36.0 Å². The van der Waals surface area contributed by atoms with Crippen LogP contribution >= 0.6 is 11.8 Å². The molecule has 2 aromatic rings. The van der Waals surface area contributed by atoms with Gasteiger partial charge in [0.2, 0.25) is 5.16 Å². The SMILES string of the molecule is C=CCSc1n[nH]c(-c2ccc([N+](=O)[O-])c(C(F)(F)F)c2)n1. The number of thioether (sulfide) groups is 1. The summed E-state index contributed by atoms with van der Waals surface area (Å²) in [6.07, 6.45) is -3.20. The Hall–Kier alpha value is -2.36. The molecule has 6 nitrogen and oxygen atoms in total. The molecule has 116 valence electrons. The molecule has 0 aliphatic rings. The van der Waals surface area contributed by atoms with Gasteiger partial charge in [-0.15, -0.1) is 11.7 Å². The maximum atomic E-state index is 12.9. The molecule has 0 aliphatic carbocycles. The highest BCUT2D eigenvalue weighted by atomic mass is 32.2. The highest BCUT2D eigenvalue weighted by Gasteiger charge is 2.38. The van der Waals surface area contributed by atoms with Gasteiger partial charge in [-0.3, -0.25) is 15.2 Å². The minimum atomic E-state index is -4.83. The van der Waals surface area contributed by atoms with Crippen LogP contribution in [0.2, 0.25) is 0 Å². The Balaban J connectivity index is 2.42. The Labute approximate surface area is 126 Å². The van der Waals surface area contributed by atoms with Gasteiger partial charge in [-0.1, -0.05) is 17.8 Å². The van der Waals surface area contributed by atoms with E-state index in [-0.39, 0.29) is 11.4 Å². The van der Waals surface area contributed by atoms with Crippen LogP contribution in [0.25, 0.3) is 11.4 Å². The van der Waals surface area contributed by atoms with Crippen molar-refractivity contribution in [2.75, 3.05) is 5.75 Å². The molecule has 1 N–H and O–H groups in total. The highest BCUT2D eigenvalue weighted by Crippen LogP contribution is 2.38. The van der Waals surface area contributed by atoms with E-state index in [0.29, 0.717) is 17.0 Å². The van der Waals surface area contributed by atoms with E-state index in [1.54, 1.807) is 6.08 Å². The number of H-pyrrole nitrogens is 1. The number of aromatic amines is 1. The van der Waals surface area contributed by atoms with Crippen molar-refractivity contribution in [1.29, 1.82) is 0 Å². The number of alkyl halides is 3. The van der Waals surface area contributed by atoms with Crippen molar-refractivity contribution < 1.29 is 18.1 Å². The highest BCUT2D eigenvalue weighted by molar-refractivity contribution is 7.99. The Morgan fingerprint density at radius 2 is 2.18 bits per heavy atom. The number of rotatable bonds is 5. The van der Waals surface area contributed by atoms with Gasteiger partial charge in [-0.25, -0.2) is 4.98 Å². The fourth-order valence-electron chi connectivity index (χ4n) is 1.64. The third-order valence-corrected chi connectivity index (χ3v) is 3.41. The molecule has 0 aliphatic heterocycles. The summed E-state index contributed by atoms with van der Waals surface area (Å²) in [6, 6.07) is 2.67. The van der Waals surface area contributed by atoms with Crippen molar-refractivity contribution >= 4 is 17.4 Å². The first-order valence-electron chi connectivity index (χ1n) is 5.85. The lowest BCUT2D eigenvalue weighted by atomic mass is 10.1. The predicted octanol–water partition coefficient (Wildman–Crippen LogP) is 3.68. The Morgan fingerprint density at radius 3 is 2.77 bits per heavy atom. The van der Waals surface area contributed by atoms with Crippen molar-refractivity contribution in [3.05, 3.63) is 46.5 Å². The third kappa shape index (κ3) is 3.45. The minimum Gasteiger partial charge on any atom is -0.258 e. The lowest BCUT2D eigenvalue weighted by Gasteiger charge is -2.08. The molecule has 1 heterocycles. The predicted molar refractivity (Wildman–Crippen MR) is 74.4 cm³/mol. The average molecular weight is 330 g/mol. The molecular weight excluding hydrogens is 321 g/mol. The van der Waals surface area contributed by atoms with Gasteiger partial charge in [0.25, 0.3) is 5.69 Å². The second kappa shape index (κ2) is 6.18. The summed E-state index contributed by atoms with van der Waals surface area (Å²) in [6.45, 7) is 3.53. The molecule has 0 amide bonds. The Bertz CT molecular complexity index is 715. The van der Waals surface area contributed by atoms with Crippen LogP contribution in [0.5, 0.6) is 0 Å². The standard InChI is InChI=1S/C12H9F3N4O2S/c1-2-5-22-11-16-10(17-18-11)7-3-4-9(19(20)21)8(6-7)12(13,14)15/h2-4,6H,1,5H2,(H,16,17,18). The lowest BCUT2D eigenvalue weighted by molar-refractivity contribution is -0.388. The molecule has 1 aromatic heterocycles. The fraction of sp³-hybridized carbons (Fsp3) is 0.167. The van der Waals surface area contributed by atoms with Gasteiger partial charge >= 0.3 is 6.18 Å². The number of nitrogens with one attached hydrogen (secondary N) is 1. The van der Waals surface area contributed by atoms with E-state index >= 15 is 0 Å². The molecule has 1 aromatic carbocycles. The molecule has 22 heavy (non-hydrogen) atoms. The number of aromatic nitrogens is 3. The van der Waals surface area contributed by atoms with Gasteiger partial charge in [0.15, 0.2) is 5.82 Å². The maximum absolute atomic E-state index is 12.9. The number of benzene rings is 1. The Kier molecular flexibility index (Phi) is 4.50. The summed E-state index contributed by atoms with van der Waals surface area (Å²) in [5, 5.41) is 17.4. The molecule has 0 bridgehead atoms. The molecule has 2 rings (SSSR count). The minimum absolute atomic E-state index is 0.0656. The van der Waals surface area contributed by atoms with Crippen LogP contribution in [0.1, 0.15) is 5.56 Å². The van der Waals surface area contributed by atoms with E-state index in [1.165, 1.54) is 17.8 Å². The summed E-state index contributed by atoms with van der Waals surface area (Å²) in [4.78, 5) is 13.7. The number of nitrogens with zero attached hydrogens (tertiary/aromatic N) is 3. The molecule has 0 spiro atoms. The summed E-state index contributed by atoms with van der Waals surface area (Å²) in [5.41, 5.74) is -2.26. The molecule has 0 saturated heterocycles. The molecule has 0 radical (unpaired) electrons. The number of hydrogen-bond donors (Lipinski definition) is 1. The zero-order valence-electron chi connectivity index (χ0n) is 10.9. The summed E-state index contributed by atoms with van der Waals surface area (Å²) < 4.78 is 38.7. The fourth-order valence-corrected chi connectivity index (χ4v) is 2.18. The van der Waals surface area contributed by atoms with Crippen LogP contribution in [0, 0.1) is 10.1 Å². The molecule has 0 saturated carbocycles. The smallest absolute Gasteiger partial charge is 0.258 e. The average Bonchev–Trinajstić information content (AvgIpc) is 2.92. The van der Waals surface area contributed by atoms with Crippen molar-refractivity contribution in [2.24, 2.45) is 0 Å². The van der Waals surface area contributed by atoms with E-state index in [2.05, 4.69) is 21.8 Å². The zero-order valence-corrected chi connectivity index (χ0v) is 11.7. The van der Waals surface area contributed by atoms with Crippen molar-refractivity contribution in [2.45, 2.75) is 11.3 Å². The van der Waals surface area contributed by atoms with E-state index < -0.39 is 22.4 Å². The van der Waals surface area contributed by atoms with Crippen LogP contribution < -0.4 is 0 Å². The summed E-state index contributed by atoms with van der Waals surface area (Å²) in [7, 11) is 0. The molecule has 0 atom stereocenters. The number of hydrogen-bond acceptors (Lipinski definition) is 5. The Morgan fingerprint density at radius 1 is 1.45 bits per heavy atom.